The maximum atomic E-state index is 12.5. The molecule has 10 heteroatoms. The summed E-state index contributed by atoms with van der Waals surface area (Å²) < 4.78 is 0. The van der Waals surface area contributed by atoms with Gasteiger partial charge in [0.05, 0.1) is 16.4 Å². The van der Waals surface area contributed by atoms with E-state index >= 15 is 0 Å². The highest BCUT2D eigenvalue weighted by atomic mass is 35.5. The summed E-state index contributed by atoms with van der Waals surface area (Å²) in [5.74, 6) is 1.53. The number of hydrogen-bond acceptors (Lipinski definition) is 7. The lowest BCUT2D eigenvalue weighted by Gasteiger charge is -2.25. The summed E-state index contributed by atoms with van der Waals surface area (Å²) in [6.07, 6.45) is 5.57. The molecule has 4 N–H and O–H groups in total. The summed E-state index contributed by atoms with van der Waals surface area (Å²) in [5, 5.41) is 16.6. The Balaban J connectivity index is 0.00000196. The highest BCUT2D eigenvalue weighted by Gasteiger charge is 2.24. The molecular weight excluding hydrogens is 376 g/mol. The lowest BCUT2D eigenvalue weighted by atomic mass is 10.2. The van der Waals surface area contributed by atoms with Crippen molar-refractivity contribution in [2.24, 2.45) is 0 Å². The van der Waals surface area contributed by atoms with E-state index < -0.39 is 0 Å². The van der Waals surface area contributed by atoms with Crippen molar-refractivity contribution in [3.05, 3.63) is 29.7 Å². The normalized spacial score (nSPS) is 22.8. The second-order valence-corrected chi connectivity index (χ2v) is 7.31. The van der Waals surface area contributed by atoms with Crippen molar-refractivity contribution in [2.45, 2.75) is 18.6 Å². The minimum absolute atomic E-state index is 0. The Hall–Kier alpha value is -1.81. The number of rotatable bonds is 4. The largest absolute Gasteiger partial charge is 0.392 e. The molecule has 1 fully saturated rings. The van der Waals surface area contributed by atoms with E-state index in [1.54, 1.807) is 11.8 Å². The Morgan fingerprint density at radius 1 is 1.46 bits per heavy atom. The molecule has 0 aliphatic carbocycles. The fourth-order valence-corrected chi connectivity index (χ4v) is 4.05. The van der Waals surface area contributed by atoms with Gasteiger partial charge in [-0.2, -0.15) is 0 Å². The average Bonchev–Trinajstić information content (AvgIpc) is 3.28. The third-order valence-electron chi connectivity index (χ3n) is 4.40. The first-order valence-corrected chi connectivity index (χ1v) is 9.28. The minimum Gasteiger partial charge on any atom is -0.392 e. The quantitative estimate of drug-likeness (QED) is 0.600. The number of H-pyrrole nitrogens is 1. The predicted octanol–water partition coefficient (Wildman–Crippen LogP) is 0.613. The molecule has 2 aliphatic rings. The first-order chi connectivity index (χ1) is 12.2. The van der Waals surface area contributed by atoms with Crippen LogP contribution in [0.4, 0.5) is 5.82 Å². The van der Waals surface area contributed by atoms with Gasteiger partial charge in [-0.05, 0) is 12.5 Å². The number of carbonyl (C=O) groups is 1. The summed E-state index contributed by atoms with van der Waals surface area (Å²) in [6, 6.07) is 2.07. The Kier molecular flexibility index (Phi) is 6.02. The number of halogens is 1. The summed E-state index contributed by atoms with van der Waals surface area (Å²) in [6.45, 7) is 1.89. The van der Waals surface area contributed by atoms with Gasteiger partial charge in [-0.15, -0.1) is 24.2 Å². The van der Waals surface area contributed by atoms with E-state index in [9.17, 15) is 9.90 Å². The molecule has 0 unspecified atom stereocenters. The van der Waals surface area contributed by atoms with Gasteiger partial charge < -0.3 is 25.6 Å². The number of β-amino-alcohol motifs (C(OH)–C–C–N with tert-alkyl or cyclic N) is 1. The summed E-state index contributed by atoms with van der Waals surface area (Å²) in [7, 11) is 0. The zero-order valence-corrected chi connectivity index (χ0v) is 15.6. The Morgan fingerprint density at radius 2 is 2.35 bits per heavy atom. The van der Waals surface area contributed by atoms with Crippen LogP contribution in [0.2, 0.25) is 0 Å². The van der Waals surface area contributed by atoms with Gasteiger partial charge in [0.15, 0.2) is 0 Å². The molecule has 0 saturated carbocycles. The third kappa shape index (κ3) is 3.96. The van der Waals surface area contributed by atoms with E-state index in [1.165, 1.54) is 6.33 Å². The van der Waals surface area contributed by atoms with E-state index in [0.29, 0.717) is 24.4 Å². The van der Waals surface area contributed by atoms with Crippen LogP contribution in [-0.4, -0.2) is 63.5 Å². The highest BCUT2D eigenvalue weighted by molar-refractivity contribution is 8.04. The molecule has 0 bridgehead atoms. The number of carbonyl (C=O) groups excluding carboxylic acids is 1. The lowest BCUT2D eigenvalue weighted by molar-refractivity contribution is -0.116. The van der Waals surface area contributed by atoms with Crippen molar-refractivity contribution >= 4 is 46.9 Å². The molecule has 2 atom stereocenters. The molecule has 2 aliphatic heterocycles. The van der Waals surface area contributed by atoms with E-state index in [1.807, 2.05) is 23.4 Å². The van der Waals surface area contributed by atoms with Crippen molar-refractivity contribution in [1.29, 1.82) is 0 Å². The lowest BCUT2D eigenvalue weighted by Crippen LogP contribution is -2.38. The van der Waals surface area contributed by atoms with Crippen LogP contribution in [0.5, 0.6) is 0 Å². The molecule has 140 valence electrons. The molecule has 1 saturated heterocycles. The number of nitrogens with zero attached hydrogens (tertiary/aromatic N) is 3. The molecule has 0 radical (unpaired) electrons. The van der Waals surface area contributed by atoms with Crippen LogP contribution in [0.15, 0.2) is 29.7 Å². The summed E-state index contributed by atoms with van der Waals surface area (Å²) in [5.41, 5.74) is 0.786. The number of thioether (sulfide) groups is 1. The molecule has 0 spiro atoms. The molecule has 1 amide bonds. The standard InChI is InChI=1S/C16H20N6O2S.ClH/c23-11-5-10(18-7-11)6-19-16(24)13-8-22(3-4-25-13)15-12-1-2-17-14(12)20-9-21-15;/h1-2,8-11,18,23H,3-7H2,(H,19,24)(H,17,20,21);1H/t10-,11+;/m1./s1. The third-order valence-corrected chi connectivity index (χ3v) is 5.39. The topological polar surface area (TPSA) is 106 Å². The van der Waals surface area contributed by atoms with Gasteiger partial charge in [0.25, 0.3) is 5.91 Å². The van der Waals surface area contributed by atoms with Crippen molar-refractivity contribution in [3.8, 4) is 0 Å². The number of aromatic nitrogens is 3. The van der Waals surface area contributed by atoms with Crippen molar-refractivity contribution in [3.63, 3.8) is 0 Å². The fraction of sp³-hybridized carbons (Fsp3) is 0.438. The van der Waals surface area contributed by atoms with Gasteiger partial charge in [0, 0.05) is 43.8 Å². The zero-order chi connectivity index (χ0) is 17.2. The van der Waals surface area contributed by atoms with Gasteiger partial charge in [-0.3, -0.25) is 4.79 Å². The molecule has 26 heavy (non-hydrogen) atoms. The second-order valence-electron chi connectivity index (χ2n) is 6.18. The van der Waals surface area contributed by atoms with Gasteiger partial charge >= 0.3 is 0 Å². The number of aliphatic hydroxyl groups is 1. The summed E-state index contributed by atoms with van der Waals surface area (Å²) in [4.78, 5) is 26.8. The number of aromatic amines is 1. The Bertz CT molecular complexity index is 813. The van der Waals surface area contributed by atoms with E-state index in [2.05, 4.69) is 25.6 Å². The van der Waals surface area contributed by atoms with Gasteiger partial charge in [-0.25, -0.2) is 9.97 Å². The number of amides is 1. The molecule has 2 aromatic rings. The van der Waals surface area contributed by atoms with E-state index in [0.717, 1.165) is 29.1 Å². The number of anilines is 1. The maximum Gasteiger partial charge on any atom is 0.259 e. The molecule has 2 aromatic heterocycles. The van der Waals surface area contributed by atoms with E-state index in [4.69, 9.17) is 0 Å². The second kappa shape index (κ2) is 8.26. The molecule has 4 rings (SSSR count). The van der Waals surface area contributed by atoms with Crippen LogP contribution in [0.25, 0.3) is 11.0 Å². The summed E-state index contributed by atoms with van der Waals surface area (Å²) >= 11 is 1.55. The van der Waals surface area contributed by atoms with Gasteiger partial charge in [-0.1, -0.05) is 0 Å². The smallest absolute Gasteiger partial charge is 0.259 e. The SMILES string of the molecule is Cl.O=C(NC[C@H]1C[C@H](O)CN1)C1=CN(c2ncnc3[nH]ccc23)CCS1. The van der Waals surface area contributed by atoms with Crippen LogP contribution in [0, 0.1) is 0 Å². The van der Waals surface area contributed by atoms with Crippen LogP contribution in [0.1, 0.15) is 6.42 Å². The molecular formula is C16H21ClN6O2S. The monoisotopic (exact) mass is 396 g/mol. The molecule has 4 heterocycles. The van der Waals surface area contributed by atoms with Crippen LogP contribution >= 0.6 is 24.2 Å². The number of aliphatic hydroxyl groups excluding tert-OH is 1. The molecule has 8 nitrogen and oxygen atoms in total. The maximum absolute atomic E-state index is 12.5. The van der Waals surface area contributed by atoms with Crippen LogP contribution in [-0.2, 0) is 4.79 Å². The first-order valence-electron chi connectivity index (χ1n) is 8.29. The Morgan fingerprint density at radius 3 is 3.15 bits per heavy atom. The van der Waals surface area contributed by atoms with Gasteiger partial charge in [0.1, 0.15) is 17.8 Å². The van der Waals surface area contributed by atoms with E-state index in [-0.39, 0.29) is 30.5 Å². The zero-order valence-electron chi connectivity index (χ0n) is 14.0. The number of nitrogens with one attached hydrogen (secondary N) is 3. The minimum atomic E-state index is -0.317. The van der Waals surface area contributed by atoms with Crippen LogP contribution in [0.3, 0.4) is 0 Å². The number of hydrogen-bond donors (Lipinski definition) is 4. The number of fused-ring (bicyclic) bond motifs is 1. The van der Waals surface area contributed by atoms with Crippen molar-refractivity contribution in [2.75, 3.05) is 30.3 Å². The first kappa shape index (κ1) is 19.0. The fourth-order valence-electron chi connectivity index (χ4n) is 3.13. The Labute approximate surface area is 161 Å². The highest BCUT2D eigenvalue weighted by Crippen LogP contribution is 2.28. The van der Waals surface area contributed by atoms with Crippen molar-refractivity contribution in [1.82, 2.24) is 25.6 Å². The van der Waals surface area contributed by atoms with Crippen molar-refractivity contribution < 1.29 is 9.90 Å². The molecule has 0 aromatic carbocycles. The van der Waals surface area contributed by atoms with Crippen LogP contribution < -0.4 is 15.5 Å². The predicted molar refractivity (Wildman–Crippen MR) is 104 cm³/mol. The van der Waals surface area contributed by atoms with Gasteiger partial charge in [0.2, 0.25) is 0 Å². The average molecular weight is 397 g/mol.